The van der Waals surface area contributed by atoms with Crippen LogP contribution in [0, 0.1) is 4.91 Å². The van der Waals surface area contributed by atoms with Crippen LogP contribution in [0.1, 0.15) is 29.1 Å². The van der Waals surface area contributed by atoms with E-state index < -0.39 is 12.0 Å². The third-order valence-corrected chi connectivity index (χ3v) is 3.68. The number of nitrogens with zero attached hydrogens (tertiary/aromatic N) is 3. The molecule has 20 heavy (non-hydrogen) atoms. The Hall–Kier alpha value is -2.21. The van der Waals surface area contributed by atoms with E-state index in [1.165, 1.54) is 13.4 Å². The molecule has 3 rings (SSSR count). The largest absolute Gasteiger partial charge is 0.464 e. The molecule has 1 aliphatic heterocycles. The lowest BCUT2D eigenvalue weighted by molar-refractivity contribution is -0.511. The Kier molecular flexibility index (Phi) is 2.83. The molecule has 7 heteroatoms. The van der Waals surface area contributed by atoms with Crippen LogP contribution in [0.4, 0.5) is 5.69 Å². The fraction of sp³-hybridized carbons (Fsp3) is 0.231. The molecule has 2 heterocycles. The molecule has 0 saturated heterocycles. The molecule has 0 radical (unpaired) electrons. The summed E-state index contributed by atoms with van der Waals surface area (Å²) in [6.45, 7) is 1.69. The minimum absolute atomic E-state index is 0.145. The van der Waals surface area contributed by atoms with Gasteiger partial charge in [-0.3, -0.25) is 4.57 Å². The van der Waals surface area contributed by atoms with Gasteiger partial charge in [0.2, 0.25) is 6.04 Å². The summed E-state index contributed by atoms with van der Waals surface area (Å²) in [4.78, 5) is 28.2. The van der Waals surface area contributed by atoms with Crippen molar-refractivity contribution in [1.82, 2.24) is 9.55 Å². The number of imidazole rings is 1. The second-order valence-electron chi connectivity index (χ2n) is 4.45. The molecule has 0 saturated carbocycles. The summed E-state index contributed by atoms with van der Waals surface area (Å²) in [6, 6.07) is 4.57. The fourth-order valence-corrected chi connectivity index (χ4v) is 2.68. The number of para-hydroxylation sites is 1. The van der Waals surface area contributed by atoms with Crippen molar-refractivity contribution in [3.63, 3.8) is 0 Å². The Balaban J connectivity index is 2.32. The van der Waals surface area contributed by atoms with Crippen LogP contribution in [0.15, 0.2) is 24.5 Å². The maximum absolute atomic E-state index is 12.4. The SMILES string of the molecule is COC(=O)c1ncn2c1C(C)[N+](=O)c1c(Cl)cccc1-2. The molecule has 1 atom stereocenters. The predicted molar refractivity (Wildman–Crippen MR) is 71.6 cm³/mol. The predicted octanol–water partition coefficient (Wildman–Crippen LogP) is 2.80. The van der Waals surface area contributed by atoms with Crippen molar-refractivity contribution in [3.05, 3.63) is 45.8 Å². The number of nitroso groups, excluding NO2 is 1. The number of carbonyl (C=O) groups excluding carboxylic acids is 1. The molecule has 6 nitrogen and oxygen atoms in total. The molecule has 2 aromatic rings. The van der Waals surface area contributed by atoms with Gasteiger partial charge in [0.05, 0.1) is 7.11 Å². The first kappa shape index (κ1) is 12.8. The third kappa shape index (κ3) is 1.58. The minimum atomic E-state index is -0.584. The van der Waals surface area contributed by atoms with E-state index in [1.807, 2.05) is 0 Å². The Labute approximate surface area is 119 Å². The van der Waals surface area contributed by atoms with Gasteiger partial charge in [-0.2, -0.15) is 0 Å². The number of hydrogen-bond donors (Lipinski definition) is 0. The Bertz CT molecular complexity index is 738. The van der Waals surface area contributed by atoms with Crippen LogP contribution >= 0.6 is 11.6 Å². The summed E-state index contributed by atoms with van der Waals surface area (Å²) in [5, 5.41) is 0.364. The lowest BCUT2D eigenvalue weighted by Gasteiger charge is -2.17. The second-order valence-corrected chi connectivity index (χ2v) is 4.86. The number of ether oxygens (including phenoxy) is 1. The van der Waals surface area contributed by atoms with Gasteiger partial charge in [-0.15, -0.1) is 0 Å². The lowest BCUT2D eigenvalue weighted by atomic mass is 10.1. The van der Waals surface area contributed by atoms with Gasteiger partial charge in [-0.05, 0) is 12.1 Å². The number of halogens is 1. The van der Waals surface area contributed by atoms with E-state index in [2.05, 4.69) is 4.98 Å². The minimum Gasteiger partial charge on any atom is -0.464 e. The quantitative estimate of drug-likeness (QED) is 0.599. The van der Waals surface area contributed by atoms with Gasteiger partial charge < -0.3 is 4.74 Å². The van der Waals surface area contributed by atoms with Crippen LogP contribution < -0.4 is 0 Å². The highest BCUT2D eigenvalue weighted by Gasteiger charge is 2.42. The number of fused-ring (bicyclic) bond motifs is 3. The average Bonchev–Trinajstić information content (AvgIpc) is 2.88. The number of esters is 1. The molecule has 0 fully saturated rings. The molecule has 0 bridgehead atoms. The summed E-state index contributed by atoms with van der Waals surface area (Å²) in [5.41, 5.74) is 1.62. The molecular weight excluding hydrogens is 282 g/mol. The van der Waals surface area contributed by atoms with Crippen LogP contribution in [-0.4, -0.2) is 27.4 Å². The molecule has 1 aliphatic rings. The maximum atomic E-state index is 12.4. The van der Waals surface area contributed by atoms with Gasteiger partial charge in [0.1, 0.15) is 22.7 Å². The van der Waals surface area contributed by atoms with Crippen LogP contribution in [0.2, 0.25) is 5.02 Å². The zero-order chi connectivity index (χ0) is 14.4. The zero-order valence-electron chi connectivity index (χ0n) is 10.8. The highest BCUT2D eigenvalue weighted by atomic mass is 35.5. The van der Waals surface area contributed by atoms with Crippen molar-refractivity contribution in [3.8, 4) is 5.69 Å². The van der Waals surface area contributed by atoms with Crippen molar-refractivity contribution < 1.29 is 14.3 Å². The number of rotatable bonds is 1. The normalized spacial score (nSPS) is 16.6. The smallest absolute Gasteiger partial charge is 0.358 e. The molecule has 1 aromatic heterocycles. The van der Waals surface area contributed by atoms with Crippen LogP contribution in [0.5, 0.6) is 0 Å². The fourth-order valence-electron chi connectivity index (χ4n) is 2.42. The highest BCUT2D eigenvalue weighted by molar-refractivity contribution is 6.33. The first-order valence-corrected chi connectivity index (χ1v) is 6.35. The lowest BCUT2D eigenvalue weighted by Crippen LogP contribution is -2.22. The van der Waals surface area contributed by atoms with E-state index in [4.69, 9.17) is 16.3 Å². The standard InChI is InChI=1S/C13H11ClN3O3/c1-7-11-10(13(18)20-2)15-6-16(11)9-5-3-4-8(14)12(9)17(7)19/h3-7H,1-2H3/q+1. The van der Waals surface area contributed by atoms with Gasteiger partial charge in [-0.1, -0.05) is 17.7 Å². The molecule has 0 N–H and O–H groups in total. The zero-order valence-corrected chi connectivity index (χ0v) is 11.6. The highest BCUT2D eigenvalue weighted by Crippen LogP contribution is 2.41. The van der Waals surface area contributed by atoms with Gasteiger partial charge in [0, 0.05) is 16.6 Å². The topological polar surface area (TPSA) is 64.2 Å². The average molecular weight is 293 g/mol. The van der Waals surface area contributed by atoms with Crippen molar-refractivity contribution >= 4 is 23.3 Å². The number of carbonyl (C=O) groups is 1. The first-order chi connectivity index (χ1) is 9.56. The summed E-state index contributed by atoms with van der Waals surface area (Å²) < 4.78 is 7.19. The first-order valence-electron chi connectivity index (χ1n) is 5.97. The monoisotopic (exact) mass is 292 g/mol. The number of hydrogen-bond acceptors (Lipinski definition) is 4. The van der Waals surface area contributed by atoms with Gasteiger partial charge >= 0.3 is 5.97 Å². The Morgan fingerprint density at radius 1 is 1.50 bits per heavy atom. The summed E-state index contributed by atoms with van der Waals surface area (Å²) >= 11 is 6.10. The molecule has 0 spiro atoms. The van der Waals surface area contributed by atoms with E-state index >= 15 is 0 Å². The molecule has 1 unspecified atom stereocenters. The molecule has 102 valence electrons. The van der Waals surface area contributed by atoms with Crippen LogP contribution in [-0.2, 0) is 4.74 Å². The molecular formula is C13H11ClN3O3+. The van der Waals surface area contributed by atoms with Crippen molar-refractivity contribution in [1.29, 1.82) is 0 Å². The second kappa shape index (κ2) is 4.42. The van der Waals surface area contributed by atoms with Crippen molar-refractivity contribution in [2.45, 2.75) is 13.0 Å². The van der Waals surface area contributed by atoms with E-state index in [9.17, 15) is 9.70 Å². The van der Waals surface area contributed by atoms with E-state index in [-0.39, 0.29) is 5.69 Å². The van der Waals surface area contributed by atoms with E-state index in [1.54, 1.807) is 29.7 Å². The number of benzene rings is 1. The van der Waals surface area contributed by atoms with Crippen LogP contribution in [0.3, 0.4) is 0 Å². The molecule has 1 aromatic carbocycles. The van der Waals surface area contributed by atoms with E-state index in [0.717, 1.165) is 4.76 Å². The molecule has 0 aliphatic carbocycles. The summed E-state index contributed by atoms with van der Waals surface area (Å²) in [6.07, 6.45) is 1.50. The van der Waals surface area contributed by atoms with Crippen molar-refractivity contribution in [2.75, 3.05) is 7.11 Å². The maximum Gasteiger partial charge on any atom is 0.358 e. The molecule has 0 amide bonds. The number of methoxy groups -OCH3 is 1. The summed E-state index contributed by atoms with van der Waals surface area (Å²) in [5.74, 6) is -0.565. The van der Waals surface area contributed by atoms with Crippen molar-refractivity contribution in [2.24, 2.45) is 0 Å². The van der Waals surface area contributed by atoms with Gasteiger partial charge in [-0.25, -0.2) is 9.78 Å². The third-order valence-electron chi connectivity index (χ3n) is 3.38. The van der Waals surface area contributed by atoms with E-state index in [0.29, 0.717) is 22.1 Å². The van der Waals surface area contributed by atoms with Gasteiger partial charge in [0.15, 0.2) is 5.69 Å². The number of aromatic nitrogens is 2. The Morgan fingerprint density at radius 2 is 2.25 bits per heavy atom. The van der Waals surface area contributed by atoms with Gasteiger partial charge in [0.25, 0.3) is 5.69 Å². The summed E-state index contributed by atoms with van der Waals surface area (Å²) in [7, 11) is 1.28. The Morgan fingerprint density at radius 3 is 2.95 bits per heavy atom. The van der Waals surface area contributed by atoms with Crippen LogP contribution in [0.25, 0.3) is 5.69 Å².